The molecule has 1 atom stereocenters. The van der Waals surface area contributed by atoms with Crippen molar-refractivity contribution in [3.8, 4) is 0 Å². The van der Waals surface area contributed by atoms with Gasteiger partial charge in [0.05, 0.1) is 5.69 Å². The number of nitrogens with one attached hydrogen (secondary N) is 1. The molecule has 1 aliphatic heterocycles. The van der Waals surface area contributed by atoms with Gasteiger partial charge < -0.3 is 10.2 Å². The molecule has 0 aliphatic carbocycles. The fraction of sp³-hybridized carbons (Fsp3) is 0.533. The zero-order chi connectivity index (χ0) is 13.8. The number of carbonyl (C=O) groups is 1. The van der Waals surface area contributed by atoms with E-state index >= 15 is 0 Å². The molecule has 0 spiro atoms. The van der Waals surface area contributed by atoms with Crippen molar-refractivity contribution in [1.82, 2.24) is 4.90 Å². The van der Waals surface area contributed by atoms with E-state index in [1.807, 2.05) is 30.0 Å². The predicted molar refractivity (Wildman–Crippen MR) is 82.5 cm³/mol. The van der Waals surface area contributed by atoms with Gasteiger partial charge in [0.1, 0.15) is 0 Å². The molecule has 1 fully saturated rings. The van der Waals surface area contributed by atoms with E-state index in [1.165, 1.54) is 12.0 Å². The zero-order valence-corrected chi connectivity index (χ0v) is 13.2. The maximum atomic E-state index is 12.3. The van der Waals surface area contributed by atoms with Gasteiger partial charge in [0.15, 0.2) is 0 Å². The second-order valence-electron chi connectivity index (χ2n) is 5.28. The van der Waals surface area contributed by atoms with E-state index in [1.54, 1.807) is 0 Å². The normalized spacial score (nSPS) is 19.3. The number of carbonyl (C=O) groups excluding carboxylic acids is 1. The highest BCUT2D eigenvalue weighted by Crippen LogP contribution is 2.25. The maximum Gasteiger partial charge on any atom is 0.321 e. The molecule has 1 saturated heterocycles. The van der Waals surface area contributed by atoms with Gasteiger partial charge in [0.25, 0.3) is 0 Å². The van der Waals surface area contributed by atoms with Crippen LogP contribution in [0.3, 0.4) is 0 Å². The molecule has 1 aromatic rings. The van der Waals surface area contributed by atoms with Crippen LogP contribution in [-0.4, -0.2) is 24.0 Å². The number of halogens is 1. The van der Waals surface area contributed by atoms with Gasteiger partial charge in [0, 0.05) is 17.6 Å². The van der Waals surface area contributed by atoms with Gasteiger partial charge in [-0.3, -0.25) is 0 Å². The molecule has 0 radical (unpaired) electrons. The first-order valence-electron chi connectivity index (χ1n) is 6.92. The third-order valence-corrected chi connectivity index (χ3v) is 4.41. The van der Waals surface area contributed by atoms with Crippen molar-refractivity contribution in [3.05, 3.63) is 28.2 Å². The van der Waals surface area contributed by atoms with Crippen LogP contribution < -0.4 is 5.32 Å². The zero-order valence-electron chi connectivity index (χ0n) is 11.6. The van der Waals surface area contributed by atoms with E-state index < -0.39 is 0 Å². The van der Waals surface area contributed by atoms with Crippen molar-refractivity contribution >= 4 is 27.6 Å². The number of aryl methyl sites for hydroxylation is 1. The molecule has 1 aromatic carbocycles. The SMILES string of the molecule is CC[C@@H]1CCCN(C(=O)Nc2ccc(C)cc2Br)C1. The van der Waals surface area contributed by atoms with Crippen molar-refractivity contribution in [2.24, 2.45) is 5.92 Å². The summed E-state index contributed by atoms with van der Waals surface area (Å²) in [6.45, 7) is 5.98. The minimum atomic E-state index is 0.0164. The monoisotopic (exact) mass is 324 g/mol. The van der Waals surface area contributed by atoms with Gasteiger partial charge in [-0.25, -0.2) is 4.79 Å². The molecule has 104 valence electrons. The summed E-state index contributed by atoms with van der Waals surface area (Å²) in [7, 11) is 0. The summed E-state index contributed by atoms with van der Waals surface area (Å²) >= 11 is 3.49. The molecular weight excluding hydrogens is 304 g/mol. The Morgan fingerprint density at radius 1 is 1.53 bits per heavy atom. The highest BCUT2D eigenvalue weighted by molar-refractivity contribution is 9.10. The molecule has 4 heteroatoms. The van der Waals surface area contributed by atoms with Crippen LogP contribution in [0.4, 0.5) is 10.5 Å². The number of piperidine rings is 1. The molecule has 0 unspecified atom stereocenters. The molecule has 2 rings (SSSR count). The summed E-state index contributed by atoms with van der Waals surface area (Å²) < 4.78 is 0.935. The van der Waals surface area contributed by atoms with Gasteiger partial charge in [-0.15, -0.1) is 0 Å². The smallest absolute Gasteiger partial charge is 0.321 e. The molecule has 1 aliphatic rings. The molecule has 2 amide bonds. The quantitative estimate of drug-likeness (QED) is 0.858. The van der Waals surface area contributed by atoms with Crippen molar-refractivity contribution < 1.29 is 4.79 Å². The molecule has 3 nitrogen and oxygen atoms in total. The average molecular weight is 325 g/mol. The molecular formula is C15H21BrN2O. The second kappa shape index (κ2) is 6.42. The number of likely N-dealkylation sites (tertiary alicyclic amines) is 1. The van der Waals surface area contributed by atoms with Crippen molar-refractivity contribution in [2.45, 2.75) is 33.1 Å². The lowest BCUT2D eigenvalue weighted by Crippen LogP contribution is -2.42. The molecule has 0 saturated carbocycles. The number of urea groups is 1. The number of nitrogens with zero attached hydrogens (tertiary/aromatic N) is 1. The Bertz CT molecular complexity index is 461. The standard InChI is InChI=1S/C15H21BrN2O/c1-3-12-5-4-8-18(10-12)15(19)17-14-7-6-11(2)9-13(14)16/h6-7,9,12H,3-5,8,10H2,1-2H3,(H,17,19)/t12-/m1/s1. The Morgan fingerprint density at radius 2 is 2.32 bits per heavy atom. The van der Waals surface area contributed by atoms with Crippen LogP contribution in [0.15, 0.2) is 22.7 Å². The lowest BCUT2D eigenvalue weighted by molar-refractivity contribution is 0.176. The van der Waals surface area contributed by atoms with Crippen LogP contribution in [0.5, 0.6) is 0 Å². The number of amides is 2. The predicted octanol–water partition coefficient (Wildman–Crippen LogP) is 4.41. The van der Waals surface area contributed by atoms with E-state index in [0.29, 0.717) is 5.92 Å². The minimum Gasteiger partial charge on any atom is -0.324 e. The number of hydrogen-bond acceptors (Lipinski definition) is 1. The molecule has 1 heterocycles. The summed E-state index contributed by atoms with van der Waals surface area (Å²) in [5, 5.41) is 2.99. The van der Waals surface area contributed by atoms with Gasteiger partial charge in [-0.2, -0.15) is 0 Å². The fourth-order valence-corrected chi connectivity index (χ4v) is 3.09. The van der Waals surface area contributed by atoms with E-state index in [-0.39, 0.29) is 6.03 Å². The summed E-state index contributed by atoms with van der Waals surface area (Å²) in [5.41, 5.74) is 2.02. The van der Waals surface area contributed by atoms with Crippen molar-refractivity contribution in [2.75, 3.05) is 18.4 Å². The van der Waals surface area contributed by atoms with Gasteiger partial charge in [-0.1, -0.05) is 19.4 Å². The van der Waals surface area contributed by atoms with Gasteiger partial charge >= 0.3 is 6.03 Å². The van der Waals surface area contributed by atoms with Crippen LogP contribution in [0, 0.1) is 12.8 Å². The Balaban J connectivity index is 2.00. The Labute approximate surface area is 123 Å². The highest BCUT2D eigenvalue weighted by Gasteiger charge is 2.22. The van der Waals surface area contributed by atoms with Crippen LogP contribution in [0.2, 0.25) is 0 Å². The number of anilines is 1. The molecule has 1 N–H and O–H groups in total. The van der Waals surface area contributed by atoms with E-state index in [2.05, 4.69) is 28.2 Å². The number of rotatable bonds is 2. The lowest BCUT2D eigenvalue weighted by Gasteiger charge is -2.32. The largest absolute Gasteiger partial charge is 0.324 e. The van der Waals surface area contributed by atoms with E-state index in [9.17, 15) is 4.79 Å². The molecule has 0 bridgehead atoms. The summed E-state index contributed by atoms with van der Waals surface area (Å²) in [6.07, 6.45) is 3.51. The first-order chi connectivity index (χ1) is 9.10. The van der Waals surface area contributed by atoms with Crippen LogP contribution in [0.25, 0.3) is 0 Å². The van der Waals surface area contributed by atoms with E-state index in [0.717, 1.165) is 36.1 Å². The number of benzene rings is 1. The van der Waals surface area contributed by atoms with Crippen LogP contribution in [-0.2, 0) is 0 Å². The fourth-order valence-electron chi connectivity index (χ4n) is 2.50. The Hall–Kier alpha value is -1.03. The second-order valence-corrected chi connectivity index (χ2v) is 6.13. The lowest BCUT2D eigenvalue weighted by atomic mass is 9.96. The van der Waals surface area contributed by atoms with Crippen molar-refractivity contribution in [1.29, 1.82) is 0 Å². The minimum absolute atomic E-state index is 0.0164. The first kappa shape index (κ1) is 14.4. The van der Waals surface area contributed by atoms with Gasteiger partial charge in [0.2, 0.25) is 0 Å². The van der Waals surface area contributed by atoms with E-state index in [4.69, 9.17) is 0 Å². The van der Waals surface area contributed by atoms with Crippen LogP contribution in [0.1, 0.15) is 31.7 Å². The van der Waals surface area contributed by atoms with Crippen molar-refractivity contribution in [3.63, 3.8) is 0 Å². The molecule has 0 aromatic heterocycles. The maximum absolute atomic E-state index is 12.3. The average Bonchev–Trinajstić information content (AvgIpc) is 2.42. The van der Waals surface area contributed by atoms with Gasteiger partial charge in [-0.05, 0) is 59.3 Å². The Kier molecular flexibility index (Phi) is 4.86. The number of hydrogen-bond donors (Lipinski definition) is 1. The third-order valence-electron chi connectivity index (χ3n) is 3.75. The van der Waals surface area contributed by atoms with Crippen LogP contribution >= 0.6 is 15.9 Å². The summed E-state index contributed by atoms with van der Waals surface area (Å²) in [4.78, 5) is 14.2. The highest BCUT2D eigenvalue weighted by atomic mass is 79.9. The first-order valence-corrected chi connectivity index (χ1v) is 7.71. The Morgan fingerprint density at radius 3 is 3.00 bits per heavy atom. The third kappa shape index (κ3) is 3.72. The molecule has 19 heavy (non-hydrogen) atoms. The topological polar surface area (TPSA) is 32.3 Å². The summed E-state index contributed by atoms with van der Waals surface area (Å²) in [6, 6.07) is 5.98. The summed E-state index contributed by atoms with van der Waals surface area (Å²) in [5.74, 6) is 0.654.